The van der Waals surface area contributed by atoms with E-state index in [1.165, 1.54) is 6.21 Å². The van der Waals surface area contributed by atoms with Gasteiger partial charge in [-0.1, -0.05) is 12.2 Å². The van der Waals surface area contributed by atoms with Crippen LogP contribution >= 0.6 is 0 Å². The molecule has 0 aromatic carbocycles. The lowest BCUT2D eigenvalue weighted by Gasteiger charge is -1.97. The maximum Gasteiger partial charge on any atom is 0.0651 e. The highest BCUT2D eigenvalue weighted by Gasteiger charge is 1.95. The van der Waals surface area contributed by atoms with Gasteiger partial charge in [0.15, 0.2) is 0 Å². The molecular formula is C9H14N2. The lowest BCUT2D eigenvalue weighted by atomic mass is 10.1. The molecule has 0 atom stereocenters. The fourth-order valence-electron chi connectivity index (χ4n) is 0.763. The van der Waals surface area contributed by atoms with E-state index in [9.17, 15) is 0 Å². The summed E-state index contributed by atoms with van der Waals surface area (Å²) >= 11 is 0. The SMILES string of the molecule is C/C=C\C(=NC)/C(C=N)=C\C. The van der Waals surface area contributed by atoms with Crippen LogP contribution in [0.4, 0.5) is 0 Å². The summed E-state index contributed by atoms with van der Waals surface area (Å²) in [7, 11) is 1.72. The molecule has 0 unspecified atom stereocenters. The summed E-state index contributed by atoms with van der Waals surface area (Å²) in [6, 6.07) is 0. The monoisotopic (exact) mass is 150 g/mol. The minimum absolute atomic E-state index is 0.852. The first-order valence-corrected chi connectivity index (χ1v) is 3.56. The third kappa shape index (κ3) is 2.94. The highest BCUT2D eigenvalue weighted by Crippen LogP contribution is 1.96. The van der Waals surface area contributed by atoms with E-state index >= 15 is 0 Å². The summed E-state index contributed by atoms with van der Waals surface area (Å²) in [6.45, 7) is 3.83. The minimum Gasteiger partial charge on any atom is -0.308 e. The van der Waals surface area contributed by atoms with Gasteiger partial charge in [0.05, 0.1) is 5.71 Å². The van der Waals surface area contributed by atoms with E-state index in [1.54, 1.807) is 7.05 Å². The van der Waals surface area contributed by atoms with Gasteiger partial charge < -0.3 is 5.41 Å². The molecule has 0 spiro atoms. The molecule has 0 saturated heterocycles. The van der Waals surface area contributed by atoms with Crippen molar-refractivity contribution in [2.45, 2.75) is 13.8 Å². The number of allylic oxidation sites excluding steroid dienone is 4. The third-order valence-corrected chi connectivity index (χ3v) is 1.33. The van der Waals surface area contributed by atoms with Crippen molar-refractivity contribution in [3.8, 4) is 0 Å². The van der Waals surface area contributed by atoms with Crippen LogP contribution in [0.1, 0.15) is 13.8 Å². The average molecular weight is 150 g/mol. The second-order valence-corrected chi connectivity index (χ2v) is 2.00. The van der Waals surface area contributed by atoms with Crippen LogP contribution in [-0.4, -0.2) is 19.0 Å². The number of hydrogen-bond donors (Lipinski definition) is 1. The Bertz CT molecular complexity index is 210. The van der Waals surface area contributed by atoms with Gasteiger partial charge in [-0.3, -0.25) is 4.99 Å². The summed E-state index contributed by atoms with van der Waals surface area (Å²) < 4.78 is 0. The molecule has 1 N–H and O–H groups in total. The number of nitrogens with one attached hydrogen (secondary N) is 1. The van der Waals surface area contributed by atoms with E-state index in [0.29, 0.717) is 0 Å². The average Bonchev–Trinajstić information content (AvgIpc) is 2.05. The van der Waals surface area contributed by atoms with Crippen LogP contribution in [0.3, 0.4) is 0 Å². The Morgan fingerprint density at radius 2 is 2.00 bits per heavy atom. The molecular weight excluding hydrogens is 136 g/mol. The van der Waals surface area contributed by atoms with E-state index in [2.05, 4.69) is 4.99 Å². The van der Waals surface area contributed by atoms with Crippen LogP contribution in [0, 0.1) is 5.41 Å². The summed E-state index contributed by atoms with van der Waals surface area (Å²) in [5.74, 6) is 0. The van der Waals surface area contributed by atoms with Crippen molar-refractivity contribution in [3.05, 3.63) is 23.8 Å². The van der Waals surface area contributed by atoms with Crippen LogP contribution < -0.4 is 0 Å². The number of aliphatic imine (C=N–C) groups is 1. The molecule has 0 saturated carbocycles. The van der Waals surface area contributed by atoms with Crippen molar-refractivity contribution in [3.63, 3.8) is 0 Å². The molecule has 11 heavy (non-hydrogen) atoms. The van der Waals surface area contributed by atoms with Crippen LogP contribution in [-0.2, 0) is 0 Å². The second kappa shape index (κ2) is 5.59. The number of rotatable bonds is 3. The van der Waals surface area contributed by atoms with Crippen LogP contribution in [0.5, 0.6) is 0 Å². The molecule has 0 heterocycles. The maximum absolute atomic E-state index is 7.06. The molecule has 0 amide bonds. The zero-order valence-electron chi connectivity index (χ0n) is 7.26. The van der Waals surface area contributed by atoms with Crippen LogP contribution in [0.25, 0.3) is 0 Å². The highest BCUT2D eigenvalue weighted by atomic mass is 14.7. The summed E-state index contributed by atoms with van der Waals surface area (Å²) in [4.78, 5) is 4.03. The Hall–Kier alpha value is -1.18. The van der Waals surface area contributed by atoms with Crippen molar-refractivity contribution in [2.24, 2.45) is 4.99 Å². The molecule has 0 aliphatic heterocycles. The standard InChI is InChI=1S/C9H14N2/c1-4-6-9(11-3)8(5-2)7-10/h4-7,10H,1-3H3/b6-4-,8-5-,10-7?,11-9?. The predicted octanol–water partition coefficient (Wildman–Crippen LogP) is 2.23. The summed E-state index contributed by atoms with van der Waals surface area (Å²) in [5, 5.41) is 7.06. The normalized spacial score (nSPS) is 14.1. The molecule has 0 radical (unpaired) electrons. The lowest BCUT2D eigenvalue weighted by molar-refractivity contribution is 1.43. The first-order chi connectivity index (χ1) is 5.29. The van der Waals surface area contributed by atoms with Gasteiger partial charge in [0.2, 0.25) is 0 Å². The Kier molecular flexibility index (Phi) is 4.99. The predicted molar refractivity (Wildman–Crippen MR) is 50.7 cm³/mol. The molecule has 0 aromatic rings. The maximum atomic E-state index is 7.06. The number of hydrogen-bond acceptors (Lipinski definition) is 2. The molecule has 60 valence electrons. The topological polar surface area (TPSA) is 36.2 Å². The fourth-order valence-corrected chi connectivity index (χ4v) is 0.763. The fraction of sp³-hybridized carbons (Fsp3) is 0.333. The van der Waals surface area contributed by atoms with Gasteiger partial charge in [-0.15, -0.1) is 0 Å². The largest absolute Gasteiger partial charge is 0.308 e. The first kappa shape index (κ1) is 9.82. The van der Waals surface area contributed by atoms with Crippen molar-refractivity contribution in [2.75, 3.05) is 7.05 Å². The zero-order chi connectivity index (χ0) is 8.69. The minimum atomic E-state index is 0.852. The molecule has 0 fully saturated rings. The van der Waals surface area contributed by atoms with Gasteiger partial charge in [-0.05, 0) is 19.9 Å². The Morgan fingerprint density at radius 1 is 1.36 bits per heavy atom. The number of nitrogens with zero attached hydrogens (tertiary/aromatic N) is 1. The Balaban J connectivity index is 4.64. The lowest BCUT2D eigenvalue weighted by Crippen LogP contribution is -1.99. The van der Waals surface area contributed by atoms with Crippen molar-refractivity contribution < 1.29 is 0 Å². The molecule has 0 aliphatic rings. The Morgan fingerprint density at radius 3 is 2.27 bits per heavy atom. The second-order valence-electron chi connectivity index (χ2n) is 2.00. The molecule has 0 rings (SSSR count). The van der Waals surface area contributed by atoms with Gasteiger partial charge in [0.1, 0.15) is 0 Å². The molecule has 2 nitrogen and oxygen atoms in total. The molecule has 2 heteroatoms. The quantitative estimate of drug-likeness (QED) is 0.599. The van der Waals surface area contributed by atoms with E-state index < -0.39 is 0 Å². The molecule has 0 bridgehead atoms. The summed E-state index contributed by atoms with van der Waals surface area (Å²) in [5.41, 5.74) is 1.70. The zero-order valence-corrected chi connectivity index (χ0v) is 7.26. The van der Waals surface area contributed by atoms with E-state index in [0.717, 1.165) is 11.3 Å². The van der Waals surface area contributed by atoms with Gasteiger partial charge in [0.25, 0.3) is 0 Å². The van der Waals surface area contributed by atoms with Gasteiger partial charge in [0, 0.05) is 18.8 Å². The van der Waals surface area contributed by atoms with Gasteiger partial charge >= 0.3 is 0 Å². The van der Waals surface area contributed by atoms with Gasteiger partial charge in [-0.2, -0.15) is 0 Å². The van der Waals surface area contributed by atoms with Crippen molar-refractivity contribution in [1.82, 2.24) is 0 Å². The van der Waals surface area contributed by atoms with Crippen molar-refractivity contribution >= 4 is 11.9 Å². The highest BCUT2D eigenvalue weighted by molar-refractivity contribution is 6.20. The van der Waals surface area contributed by atoms with Crippen LogP contribution in [0.15, 0.2) is 28.8 Å². The third-order valence-electron chi connectivity index (χ3n) is 1.33. The Labute approximate surface area is 67.9 Å². The molecule has 0 aromatic heterocycles. The smallest absolute Gasteiger partial charge is 0.0651 e. The van der Waals surface area contributed by atoms with E-state index in [4.69, 9.17) is 5.41 Å². The molecule has 0 aliphatic carbocycles. The first-order valence-electron chi connectivity index (χ1n) is 3.56. The van der Waals surface area contributed by atoms with E-state index in [1.807, 2.05) is 32.1 Å². The summed E-state index contributed by atoms with van der Waals surface area (Å²) in [6.07, 6.45) is 6.98. The van der Waals surface area contributed by atoms with Gasteiger partial charge in [-0.25, -0.2) is 0 Å². The van der Waals surface area contributed by atoms with Crippen molar-refractivity contribution in [1.29, 1.82) is 5.41 Å². The van der Waals surface area contributed by atoms with E-state index in [-0.39, 0.29) is 0 Å². The van der Waals surface area contributed by atoms with Crippen LogP contribution in [0.2, 0.25) is 0 Å².